The van der Waals surface area contributed by atoms with Crippen LogP contribution in [0.3, 0.4) is 0 Å². The number of halogens is 1. The molecule has 1 unspecified atom stereocenters. The topological polar surface area (TPSA) is 95.7 Å². The minimum atomic E-state index is -0.557. The van der Waals surface area contributed by atoms with Crippen molar-refractivity contribution in [2.24, 2.45) is 0 Å². The Morgan fingerprint density at radius 2 is 2.30 bits per heavy atom. The van der Waals surface area contributed by atoms with Crippen LogP contribution in [0.15, 0.2) is 18.2 Å². The van der Waals surface area contributed by atoms with Crippen molar-refractivity contribution in [3.05, 3.63) is 33.3 Å². The van der Waals surface area contributed by atoms with Gasteiger partial charge >= 0.3 is 6.03 Å². The monoisotopic (exact) mass is 299 g/mol. The molecule has 1 fully saturated rings. The number of carbonyl (C=O) groups excluding carboxylic acids is 1. The number of anilines is 1. The van der Waals surface area contributed by atoms with Gasteiger partial charge in [-0.05, 0) is 18.9 Å². The minimum Gasteiger partial charge on any atom is -0.391 e. The van der Waals surface area contributed by atoms with Crippen LogP contribution in [0.5, 0.6) is 0 Å². The normalized spacial score (nSPS) is 18.7. The van der Waals surface area contributed by atoms with Gasteiger partial charge in [0, 0.05) is 25.2 Å². The molecule has 1 saturated heterocycles. The highest BCUT2D eigenvalue weighted by atomic mass is 35.5. The third-order valence-electron chi connectivity index (χ3n) is 3.09. The van der Waals surface area contributed by atoms with E-state index in [0.29, 0.717) is 18.7 Å². The first-order valence-corrected chi connectivity index (χ1v) is 6.53. The summed E-state index contributed by atoms with van der Waals surface area (Å²) in [5, 5.41) is 22.8. The van der Waals surface area contributed by atoms with Gasteiger partial charge in [0.25, 0.3) is 5.69 Å². The number of carbonyl (C=O) groups is 1. The Morgan fingerprint density at radius 1 is 1.55 bits per heavy atom. The van der Waals surface area contributed by atoms with Gasteiger partial charge in [-0.25, -0.2) is 4.79 Å². The van der Waals surface area contributed by atoms with E-state index in [1.807, 2.05) is 0 Å². The highest BCUT2D eigenvalue weighted by Gasteiger charge is 2.22. The quantitative estimate of drug-likeness (QED) is 0.646. The average molecular weight is 300 g/mol. The molecule has 2 rings (SSSR count). The van der Waals surface area contributed by atoms with E-state index in [9.17, 15) is 20.0 Å². The van der Waals surface area contributed by atoms with Crippen molar-refractivity contribution < 1.29 is 14.8 Å². The first kappa shape index (κ1) is 14.5. The standard InChI is InChI=1S/C12H14ClN3O4/c13-10-6-8(16(19)20)3-4-11(10)14-12(18)15-5-1-2-9(17)7-15/h3-4,6,9,17H,1-2,5,7H2,(H,14,18). The van der Waals surface area contributed by atoms with Crippen molar-refractivity contribution in [2.45, 2.75) is 18.9 Å². The van der Waals surface area contributed by atoms with Gasteiger partial charge in [-0.1, -0.05) is 11.6 Å². The number of non-ortho nitro benzene ring substituents is 1. The highest BCUT2D eigenvalue weighted by Crippen LogP contribution is 2.27. The molecule has 1 heterocycles. The largest absolute Gasteiger partial charge is 0.391 e. The van der Waals surface area contributed by atoms with Crippen LogP contribution in [0.4, 0.5) is 16.2 Å². The summed E-state index contributed by atoms with van der Waals surface area (Å²) in [6.45, 7) is 0.837. The molecule has 1 aliphatic heterocycles. The summed E-state index contributed by atoms with van der Waals surface area (Å²) in [5.41, 5.74) is 0.170. The van der Waals surface area contributed by atoms with Crippen LogP contribution in [0.2, 0.25) is 5.02 Å². The summed E-state index contributed by atoms with van der Waals surface area (Å²) in [4.78, 5) is 23.5. The fourth-order valence-electron chi connectivity index (χ4n) is 2.05. The molecule has 1 aromatic rings. The zero-order chi connectivity index (χ0) is 14.7. The average Bonchev–Trinajstić information content (AvgIpc) is 2.40. The Bertz CT molecular complexity index is 537. The number of likely N-dealkylation sites (tertiary alicyclic amines) is 1. The van der Waals surface area contributed by atoms with Gasteiger partial charge in [0.2, 0.25) is 0 Å². The maximum Gasteiger partial charge on any atom is 0.321 e. The van der Waals surface area contributed by atoms with E-state index in [1.165, 1.54) is 23.1 Å². The molecule has 0 bridgehead atoms. The SMILES string of the molecule is O=C(Nc1ccc([N+](=O)[O-])cc1Cl)N1CCCC(O)C1. The zero-order valence-corrected chi connectivity index (χ0v) is 11.3. The number of aliphatic hydroxyl groups is 1. The van der Waals surface area contributed by atoms with Gasteiger partial charge in [-0.2, -0.15) is 0 Å². The number of β-amino-alcohol motifs (C(OH)–C–C–N with tert-alkyl or cyclic N) is 1. The number of hydrogen-bond donors (Lipinski definition) is 2. The Kier molecular flexibility index (Phi) is 4.41. The number of piperidine rings is 1. The van der Waals surface area contributed by atoms with Crippen molar-refractivity contribution in [3.8, 4) is 0 Å². The second-order valence-corrected chi connectivity index (χ2v) is 5.00. The Morgan fingerprint density at radius 3 is 2.90 bits per heavy atom. The summed E-state index contributed by atoms with van der Waals surface area (Å²) in [6, 6.07) is 3.47. The Balaban J connectivity index is 2.06. The molecule has 0 radical (unpaired) electrons. The third kappa shape index (κ3) is 3.37. The predicted molar refractivity (Wildman–Crippen MR) is 73.9 cm³/mol. The Labute approximate surface area is 120 Å². The first-order valence-electron chi connectivity index (χ1n) is 6.15. The van der Waals surface area contributed by atoms with Gasteiger partial charge in [0.1, 0.15) is 0 Å². The summed E-state index contributed by atoms with van der Waals surface area (Å²) in [6.07, 6.45) is 0.909. The van der Waals surface area contributed by atoms with Gasteiger partial charge in [0.15, 0.2) is 0 Å². The number of rotatable bonds is 2. The molecule has 108 valence electrons. The summed E-state index contributed by atoms with van der Waals surface area (Å²) >= 11 is 5.90. The van der Waals surface area contributed by atoms with Gasteiger partial charge < -0.3 is 15.3 Å². The van der Waals surface area contributed by atoms with Crippen molar-refractivity contribution in [3.63, 3.8) is 0 Å². The van der Waals surface area contributed by atoms with Crippen LogP contribution in [-0.4, -0.2) is 40.2 Å². The Hall–Kier alpha value is -1.86. The molecule has 2 amide bonds. The summed E-state index contributed by atoms with van der Waals surface area (Å²) < 4.78 is 0. The van der Waals surface area contributed by atoms with Crippen LogP contribution in [-0.2, 0) is 0 Å². The molecule has 2 N–H and O–H groups in total. The number of benzene rings is 1. The minimum absolute atomic E-state index is 0.102. The third-order valence-corrected chi connectivity index (χ3v) is 3.40. The number of nitro groups is 1. The van der Waals surface area contributed by atoms with Crippen molar-refractivity contribution in [1.29, 1.82) is 0 Å². The lowest BCUT2D eigenvalue weighted by Gasteiger charge is -2.30. The number of nitro benzene ring substituents is 1. The smallest absolute Gasteiger partial charge is 0.321 e. The number of amides is 2. The molecule has 0 spiro atoms. The molecular formula is C12H14ClN3O4. The van der Waals surface area contributed by atoms with Gasteiger partial charge in [-0.15, -0.1) is 0 Å². The van der Waals surface area contributed by atoms with Gasteiger partial charge in [-0.3, -0.25) is 10.1 Å². The number of nitrogens with zero attached hydrogens (tertiary/aromatic N) is 2. The van der Waals surface area contributed by atoms with E-state index >= 15 is 0 Å². The molecule has 20 heavy (non-hydrogen) atoms. The van der Waals surface area contributed by atoms with E-state index in [2.05, 4.69) is 5.32 Å². The molecular weight excluding hydrogens is 286 g/mol. The van der Waals surface area contributed by atoms with E-state index in [0.717, 1.165) is 6.42 Å². The molecule has 0 aromatic heterocycles. The van der Waals surface area contributed by atoms with Crippen molar-refractivity contribution in [2.75, 3.05) is 18.4 Å². The highest BCUT2D eigenvalue weighted by molar-refractivity contribution is 6.33. The van der Waals surface area contributed by atoms with Crippen molar-refractivity contribution in [1.82, 2.24) is 4.90 Å². The zero-order valence-electron chi connectivity index (χ0n) is 10.6. The second kappa shape index (κ2) is 6.06. The fourth-order valence-corrected chi connectivity index (χ4v) is 2.27. The molecule has 1 aromatic carbocycles. The van der Waals surface area contributed by atoms with Crippen molar-refractivity contribution >= 4 is 29.0 Å². The van der Waals surface area contributed by atoms with Gasteiger partial charge in [0.05, 0.1) is 21.7 Å². The maximum absolute atomic E-state index is 12.0. The van der Waals surface area contributed by atoms with Crippen LogP contribution in [0.1, 0.15) is 12.8 Å². The lowest BCUT2D eigenvalue weighted by atomic mass is 10.1. The van der Waals surface area contributed by atoms with Crippen LogP contribution < -0.4 is 5.32 Å². The molecule has 8 heteroatoms. The van der Waals surface area contributed by atoms with E-state index in [-0.39, 0.29) is 23.3 Å². The van der Waals surface area contributed by atoms with E-state index in [4.69, 9.17) is 11.6 Å². The molecule has 0 aliphatic carbocycles. The lowest BCUT2D eigenvalue weighted by Crippen LogP contribution is -2.44. The maximum atomic E-state index is 12.0. The van der Waals surface area contributed by atoms with Crippen LogP contribution in [0.25, 0.3) is 0 Å². The first-order chi connectivity index (χ1) is 9.47. The fraction of sp³-hybridized carbons (Fsp3) is 0.417. The number of nitrogens with one attached hydrogen (secondary N) is 1. The lowest BCUT2D eigenvalue weighted by molar-refractivity contribution is -0.384. The summed E-state index contributed by atoms with van der Waals surface area (Å²) in [5.74, 6) is 0. The summed E-state index contributed by atoms with van der Waals surface area (Å²) in [7, 11) is 0. The van der Waals surface area contributed by atoms with Crippen LogP contribution >= 0.6 is 11.6 Å². The second-order valence-electron chi connectivity index (χ2n) is 4.59. The van der Waals surface area contributed by atoms with E-state index < -0.39 is 11.0 Å². The molecule has 7 nitrogen and oxygen atoms in total. The molecule has 0 saturated carbocycles. The molecule has 1 atom stereocenters. The predicted octanol–water partition coefficient (Wildman–Crippen LogP) is 2.24. The number of urea groups is 1. The van der Waals surface area contributed by atoms with E-state index in [1.54, 1.807) is 0 Å². The number of aliphatic hydroxyl groups excluding tert-OH is 1. The van der Waals surface area contributed by atoms with Crippen LogP contribution in [0, 0.1) is 10.1 Å². The number of hydrogen-bond acceptors (Lipinski definition) is 4. The molecule has 1 aliphatic rings.